The number of carbonyl (C=O) groups excluding carboxylic acids is 3. The van der Waals surface area contributed by atoms with Crippen LogP contribution in [0.4, 0.5) is 5.13 Å². The van der Waals surface area contributed by atoms with E-state index in [1.165, 1.54) is 4.90 Å². The Morgan fingerprint density at radius 1 is 1.18 bits per heavy atom. The number of carbonyl (C=O) groups is 3. The lowest BCUT2D eigenvalue weighted by Crippen LogP contribution is -2.53. The van der Waals surface area contributed by atoms with Crippen LogP contribution in [0.2, 0.25) is 0 Å². The van der Waals surface area contributed by atoms with Crippen LogP contribution in [0.15, 0.2) is 29.6 Å². The molecule has 1 aromatic heterocycles. The number of ether oxygens (including phenoxy) is 1. The number of hydrogen-bond acceptors (Lipinski definition) is 9. The number of benzene rings is 1. The van der Waals surface area contributed by atoms with E-state index in [-0.39, 0.29) is 36.2 Å². The van der Waals surface area contributed by atoms with E-state index in [0.717, 1.165) is 42.6 Å². The standard InChI is InChI=1S/C28H38N6O4S/c1-28(2,3)13-20(26(37)34-14-19(29)24-23(34)22(35)15-38-24)30-25(36)18-7-5-17(6-8-18)21-16-39-27(31-21)33-11-9-32(4)10-12-33/h5-8,16,19-20,23-24H,9-15,29H2,1-4H3,(H,30,36)/t19-,20-,23+,24+/m0/s1. The van der Waals surface area contributed by atoms with Crippen LogP contribution in [-0.4, -0.2) is 103 Å². The van der Waals surface area contributed by atoms with Gasteiger partial charge >= 0.3 is 0 Å². The van der Waals surface area contributed by atoms with E-state index >= 15 is 0 Å². The summed E-state index contributed by atoms with van der Waals surface area (Å²) < 4.78 is 5.54. The van der Waals surface area contributed by atoms with Crippen LogP contribution < -0.4 is 16.0 Å². The summed E-state index contributed by atoms with van der Waals surface area (Å²) in [6.07, 6.45) is -0.0655. The van der Waals surface area contributed by atoms with Crippen molar-refractivity contribution in [3.05, 3.63) is 35.2 Å². The van der Waals surface area contributed by atoms with Gasteiger partial charge in [0, 0.05) is 49.2 Å². The van der Waals surface area contributed by atoms with Gasteiger partial charge in [0.25, 0.3) is 5.91 Å². The molecule has 4 heterocycles. The Morgan fingerprint density at radius 3 is 2.54 bits per heavy atom. The number of aromatic nitrogens is 1. The summed E-state index contributed by atoms with van der Waals surface area (Å²) in [6, 6.07) is 5.39. The highest BCUT2D eigenvalue weighted by atomic mass is 32.1. The number of ketones is 1. The number of nitrogens with zero attached hydrogens (tertiary/aromatic N) is 4. The van der Waals surface area contributed by atoms with E-state index < -0.39 is 24.2 Å². The van der Waals surface area contributed by atoms with E-state index in [4.69, 9.17) is 15.5 Å². The Hall–Kier alpha value is -2.86. The summed E-state index contributed by atoms with van der Waals surface area (Å²) >= 11 is 1.63. The Labute approximate surface area is 233 Å². The first-order valence-corrected chi connectivity index (χ1v) is 14.4. The van der Waals surface area contributed by atoms with Crippen molar-refractivity contribution < 1.29 is 19.1 Å². The second-order valence-electron chi connectivity index (χ2n) is 12.0. The van der Waals surface area contributed by atoms with Gasteiger partial charge in [0.2, 0.25) is 5.91 Å². The van der Waals surface area contributed by atoms with Gasteiger partial charge in [0.05, 0.1) is 11.7 Å². The molecule has 0 unspecified atom stereocenters. The molecule has 0 aliphatic carbocycles. The fourth-order valence-corrected chi connectivity index (χ4v) is 6.39. The minimum Gasteiger partial charge on any atom is -0.366 e. The lowest BCUT2D eigenvalue weighted by molar-refractivity contribution is -0.138. The van der Waals surface area contributed by atoms with Crippen LogP contribution >= 0.6 is 11.3 Å². The molecule has 3 N–H and O–H groups in total. The van der Waals surface area contributed by atoms with Crippen molar-refractivity contribution >= 4 is 34.1 Å². The van der Waals surface area contributed by atoms with Gasteiger partial charge in [0.1, 0.15) is 24.8 Å². The van der Waals surface area contributed by atoms with Crippen molar-refractivity contribution in [2.24, 2.45) is 11.1 Å². The van der Waals surface area contributed by atoms with Gasteiger partial charge in [-0.1, -0.05) is 32.9 Å². The number of Topliss-reactive ketones (excluding diaryl/α,β-unsaturated/α-hetero) is 1. The molecular formula is C28H38N6O4S. The molecule has 0 saturated carbocycles. The average molecular weight is 555 g/mol. The zero-order valence-corrected chi connectivity index (χ0v) is 23.9. The average Bonchev–Trinajstić information content (AvgIpc) is 3.61. The Balaban J connectivity index is 1.28. The first kappa shape index (κ1) is 27.7. The summed E-state index contributed by atoms with van der Waals surface area (Å²) in [5.41, 5.74) is 8.21. The van der Waals surface area contributed by atoms with Crippen molar-refractivity contribution in [3.63, 3.8) is 0 Å². The quantitative estimate of drug-likeness (QED) is 0.553. The Bertz CT molecular complexity index is 1220. The lowest BCUT2D eigenvalue weighted by atomic mass is 9.87. The molecule has 3 saturated heterocycles. The largest absolute Gasteiger partial charge is 0.366 e. The predicted octanol–water partition coefficient (Wildman–Crippen LogP) is 1.60. The highest BCUT2D eigenvalue weighted by Crippen LogP contribution is 2.30. The van der Waals surface area contributed by atoms with Gasteiger partial charge < -0.3 is 30.5 Å². The molecule has 10 nitrogen and oxygen atoms in total. The molecule has 3 fully saturated rings. The maximum atomic E-state index is 13.6. The molecule has 11 heteroatoms. The fourth-order valence-electron chi connectivity index (χ4n) is 5.51. The summed E-state index contributed by atoms with van der Waals surface area (Å²) in [4.78, 5) is 50.3. The fraction of sp³-hybridized carbons (Fsp3) is 0.571. The number of likely N-dealkylation sites (N-methyl/N-ethyl adjacent to an activating group) is 1. The summed E-state index contributed by atoms with van der Waals surface area (Å²) in [7, 11) is 2.13. The highest BCUT2D eigenvalue weighted by Gasteiger charge is 2.52. The molecule has 2 amide bonds. The Morgan fingerprint density at radius 2 is 1.87 bits per heavy atom. The van der Waals surface area contributed by atoms with Crippen LogP contribution in [0, 0.1) is 5.41 Å². The molecule has 0 bridgehead atoms. The number of nitrogens with one attached hydrogen (secondary N) is 1. The van der Waals surface area contributed by atoms with Gasteiger partial charge in [-0.15, -0.1) is 11.3 Å². The minimum atomic E-state index is -0.791. The first-order valence-electron chi connectivity index (χ1n) is 13.5. The van der Waals surface area contributed by atoms with E-state index in [2.05, 4.69) is 22.2 Å². The first-order chi connectivity index (χ1) is 18.5. The maximum Gasteiger partial charge on any atom is 0.251 e. The van der Waals surface area contributed by atoms with Crippen molar-refractivity contribution in [1.82, 2.24) is 20.1 Å². The molecule has 4 atom stereocenters. The molecular weight excluding hydrogens is 516 g/mol. The van der Waals surface area contributed by atoms with Gasteiger partial charge in [0.15, 0.2) is 10.9 Å². The molecule has 3 aliphatic rings. The third kappa shape index (κ3) is 6.01. The normalized spacial score (nSPS) is 24.6. The van der Waals surface area contributed by atoms with E-state index in [9.17, 15) is 14.4 Å². The summed E-state index contributed by atoms with van der Waals surface area (Å²) in [5.74, 6) is -0.777. The van der Waals surface area contributed by atoms with Gasteiger partial charge in [-0.25, -0.2) is 4.98 Å². The number of rotatable bonds is 6. The molecule has 3 aliphatic heterocycles. The SMILES string of the molecule is CN1CCN(c2nc(-c3ccc(C(=O)N[C@@H](CC(C)(C)C)C(=O)N4C[C@H](N)[C@H]5OCC(=O)[C@H]54)cc3)cs2)CC1. The third-order valence-corrected chi connectivity index (χ3v) is 8.54. The number of anilines is 1. The topological polar surface area (TPSA) is 121 Å². The second-order valence-corrected chi connectivity index (χ2v) is 12.9. The van der Waals surface area contributed by atoms with Crippen molar-refractivity contribution in [2.75, 3.05) is 51.3 Å². The smallest absolute Gasteiger partial charge is 0.251 e. The number of hydrogen-bond donors (Lipinski definition) is 2. The third-order valence-electron chi connectivity index (χ3n) is 7.64. The molecule has 210 valence electrons. The molecule has 1 aromatic carbocycles. The van der Waals surface area contributed by atoms with Crippen molar-refractivity contribution in [2.45, 2.75) is 51.4 Å². The lowest BCUT2D eigenvalue weighted by Gasteiger charge is -2.32. The van der Waals surface area contributed by atoms with Gasteiger partial charge in [-0.2, -0.15) is 0 Å². The minimum absolute atomic E-state index is 0.0364. The van der Waals surface area contributed by atoms with Gasteiger partial charge in [-0.05, 0) is 31.0 Å². The van der Waals surface area contributed by atoms with Gasteiger partial charge in [-0.3, -0.25) is 14.4 Å². The Kier molecular flexibility index (Phi) is 7.78. The monoisotopic (exact) mass is 554 g/mol. The number of fused-ring (bicyclic) bond motifs is 1. The number of nitrogens with two attached hydrogens (primary N) is 1. The number of likely N-dealkylation sites (tertiary alicyclic amines) is 1. The zero-order chi connectivity index (χ0) is 27.9. The van der Waals surface area contributed by atoms with E-state index in [1.54, 1.807) is 23.5 Å². The van der Waals surface area contributed by atoms with Crippen LogP contribution in [0.25, 0.3) is 11.3 Å². The predicted molar refractivity (Wildman–Crippen MR) is 151 cm³/mol. The molecule has 5 rings (SSSR count). The maximum absolute atomic E-state index is 13.6. The second kappa shape index (κ2) is 11.0. The molecule has 0 spiro atoms. The van der Waals surface area contributed by atoms with E-state index in [1.807, 2.05) is 38.3 Å². The number of amides is 2. The number of thiazole rings is 1. The van der Waals surface area contributed by atoms with Crippen LogP contribution in [0.3, 0.4) is 0 Å². The molecule has 39 heavy (non-hydrogen) atoms. The van der Waals surface area contributed by atoms with E-state index in [0.29, 0.717) is 12.0 Å². The van der Waals surface area contributed by atoms with Crippen molar-refractivity contribution in [3.8, 4) is 11.3 Å². The van der Waals surface area contributed by atoms with Crippen LogP contribution in [-0.2, 0) is 14.3 Å². The summed E-state index contributed by atoms with van der Waals surface area (Å²) in [6.45, 7) is 10.2. The molecule has 0 radical (unpaired) electrons. The highest BCUT2D eigenvalue weighted by molar-refractivity contribution is 7.14. The molecule has 2 aromatic rings. The number of piperazine rings is 1. The van der Waals surface area contributed by atoms with Crippen molar-refractivity contribution in [1.29, 1.82) is 0 Å². The van der Waals surface area contributed by atoms with Crippen LogP contribution in [0.5, 0.6) is 0 Å². The summed E-state index contributed by atoms with van der Waals surface area (Å²) in [5, 5.41) is 6.00. The van der Waals surface area contributed by atoms with Crippen LogP contribution in [0.1, 0.15) is 37.6 Å². The zero-order valence-electron chi connectivity index (χ0n) is 23.1.